The van der Waals surface area contributed by atoms with E-state index in [-0.39, 0.29) is 18.3 Å². The standard InChI is InChI=1S/C16H24BNO2/c1-15(2)16(3,4)20-17(19-15)13-7-5-6-11(8-13)12-9-14(18)10-12/h5-8,12,14H,9-10,18H2,1-4H3. The Hall–Kier alpha value is -0.835. The molecule has 0 unspecified atom stereocenters. The minimum atomic E-state index is -0.285. The van der Waals surface area contributed by atoms with Crippen molar-refractivity contribution in [1.29, 1.82) is 0 Å². The van der Waals surface area contributed by atoms with Gasteiger partial charge in [0.05, 0.1) is 11.2 Å². The first-order chi connectivity index (χ1) is 9.28. The molecule has 0 aromatic heterocycles. The van der Waals surface area contributed by atoms with Crippen LogP contribution in [0.4, 0.5) is 0 Å². The molecule has 20 heavy (non-hydrogen) atoms. The lowest BCUT2D eigenvalue weighted by Gasteiger charge is -2.33. The zero-order valence-electron chi connectivity index (χ0n) is 12.8. The molecule has 0 amide bonds. The molecule has 2 fully saturated rings. The van der Waals surface area contributed by atoms with Crippen molar-refractivity contribution in [2.75, 3.05) is 0 Å². The molecule has 1 heterocycles. The SMILES string of the molecule is CC1(C)OB(c2cccc(C3CC(N)C3)c2)OC1(C)C. The Morgan fingerprint density at radius 1 is 1.10 bits per heavy atom. The highest BCUT2D eigenvalue weighted by atomic mass is 16.7. The van der Waals surface area contributed by atoms with Crippen molar-refractivity contribution < 1.29 is 9.31 Å². The molecule has 1 aromatic rings. The van der Waals surface area contributed by atoms with Gasteiger partial charge in [0.25, 0.3) is 0 Å². The van der Waals surface area contributed by atoms with Gasteiger partial charge < -0.3 is 15.0 Å². The first-order valence-electron chi connectivity index (χ1n) is 7.49. The molecule has 1 saturated carbocycles. The second-order valence-electron chi connectivity index (χ2n) is 7.19. The van der Waals surface area contributed by atoms with E-state index < -0.39 is 0 Å². The van der Waals surface area contributed by atoms with Gasteiger partial charge in [0, 0.05) is 6.04 Å². The van der Waals surface area contributed by atoms with E-state index in [9.17, 15) is 0 Å². The molecule has 0 atom stereocenters. The van der Waals surface area contributed by atoms with Crippen LogP contribution in [0.2, 0.25) is 0 Å². The number of nitrogens with two attached hydrogens (primary N) is 1. The molecule has 1 aromatic carbocycles. The fourth-order valence-corrected chi connectivity index (χ4v) is 2.87. The molecule has 0 spiro atoms. The third kappa shape index (κ3) is 2.30. The molecule has 3 rings (SSSR count). The molecule has 0 bridgehead atoms. The number of benzene rings is 1. The van der Waals surface area contributed by atoms with Crippen molar-refractivity contribution in [2.24, 2.45) is 5.73 Å². The first-order valence-corrected chi connectivity index (χ1v) is 7.49. The van der Waals surface area contributed by atoms with Gasteiger partial charge >= 0.3 is 7.12 Å². The topological polar surface area (TPSA) is 44.5 Å². The monoisotopic (exact) mass is 273 g/mol. The summed E-state index contributed by atoms with van der Waals surface area (Å²) in [6.07, 6.45) is 2.18. The van der Waals surface area contributed by atoms with E-state index in [1.807, 2.05) is 0 Å². The quantitative estimate of drug-likeness (QED) is 0.840. The molecule has 4 heteroatoms. The van der Waals surface area contributed by atoms with Gasteiger partial charge in [-0.2, -0.15) is 0 Å². The van der Waals surface area contributed by atoms with Crippen molar-refractivity contribution in [3.63, 3.8) is 0 Å². The Labute approximate surface area is 122 Å². The molecule has 1 aliphatic heterocycles. The van der Waals surface area contributed by atoms with Gasteiger partial charge in [0.2, 0.25) is 0 Å². The van der Waals surface area contributed by atoms with Gasteiger partial charge in [0.1, 0.15) is 0 Å². The number of hydrogen-bond acceptors (Lipinski definition) is 3. The average molecular weight is 273 g/mol. The van der Waals surface area contributed by atoms with Crippen LogP contribution in [-0.4, -0.2) is 24.4 Å². The number of rotatable bonds is 2. The lowest BCUT2D eigenvalue weighted by Crippen LogP contribution is -2.41. The second kappa shape index (κ2) is 4.59. The van der Waals surface area contributed by atoms with Crippen LogP contribution in [0.3, 0.4) is 0 Å². The highest BCUT2D eigenvalue weighted by Crippen LogP contribution is 2.38. The van der Waals surface area contributed by atoms with Crippen molar-refractivity contribution in [3.8, 4) is 0 Å². The van der Waals surface area contributed by atoms with Crippen molar-refractivity contribution in [2.45, 2.75) is 63.7 Å². The van der Waals surface area contributed by atoms with Gasteiger partial charge in [-0.3, -0.25) is 0 Å². The molecule has 0 radical (unpaired) electrons. The van der Waals surface area contributed by atoms with E-state index in [0.717, 1.165) is 18.3 Å². The average Bonchev–Trinajstić information content (AvgIpc) is 2.55. The Balaban J connectivity index is 1.80. The highest BCUT2D eigenvalue weighted by Gasteiger charge is 2.51. The maximum absolute atomic E-state index is 6.11. The van der Waals surface area contributed by atoms with Crippen LogP contribution < -0.4 is 11.2 Å². The lowest BCUT2D eigenvalue weighted by atomic mass is 9.72. The smallest absolute Gasteiger partial charge is 0.399 e. The van der Waals surface area contributed by atoms with Gasteiger partial charge in [-0.25, -0.2) is 0 Å². The lowest BCUT2D eigenvalue weighted by molar-refractivity contribution is 0.00578. The van der Waals surface area contributed by atoms with Crippen molar-refractivity contribution >= 4 is 12.6 Å². The molecule has 2 aliphatic rings. The van der Waals surface area contributed by atoms with Crippen LogP contribution >= 0.6 is 0 Å². The minimum absolute atomic E-state index is 0.270. The van der Waals surface area contributed by atoms with Gasteiger partial charge in [0.15, 0.2) is 0 Å². The van der Waals surface area contributed by atoms with Gasteiger partial charge in [-0.1, -0.05) is 24.3 Å². The number of hydrogen-bond donors (Lipinski definition) is 1. The Morgan fingerprint density at radius 2 is 1.70 bits per heavy atom. The molecule has 2 N–H and O–H groups in total. The zero-order valence-corrected chi connectivity index (χ0v) is 12.8. The fourth-order valence-electron chi connectivity index (χ4n) is 2.87. The maximum Gasteiger partial charge on any atom is 0.494 e. The van der Waals surface area contributed by atoms with Crippen LogP contribution in [-0.2, 0) is 9.31 Å². The predicted octanol–water partition coefficient (Wildman–Crippen LogP) is 2.19. The zero-order chi connectivity index (χ0) is 14.5. The normalized spacial score (nSPS) is 31.1. The van der Waals surface area contributed by atoms with Crippen LogP contribution in [0.25, 0.3) is 0 Å². The largest absolute Gasteiger partial charge is 0.494 e. The maximum atomic E-state index is 6.11. The molecule has 1 aliphatic carbocycles. The summed E-state index contributed by atoms with van der Waals surface area (Å²) in [6.45, 7) is 8.34. The minimum Gasteiger partial charge on any atom is -0.399 e. The molecule has 3 nitrogen and oxygen atoms in total. The third-order valence-electron chi connectivity index (χ3n) is 5.08. The Morgan fingerprint density at radius 3 is 2.25 bits per heavy atom. The van der Waals surface area contributed by atoms with Crippen molar-refractivity contribution in [1.82, 2.24) is 0 Å². The fraction of sp³-hybridized carbons (Fsp3) is 0.625. The summed E-state index contributed by atoms with van der Waals surface area (Å²) < 4.78 is 12.2. The van der Waals surface area contributed by atoms with Crippen molar-refractivity contribution in [3.05, 3.63) is 29.8 Å². The van der Waals surface area contributed by atoms with Gasteiger partial charge in [-0.05, 0) is 57.5 Å². The first kappa shape index (κ1) is 14.1. The summed E-state index contributed by atoms with van der Waals surface area (Å²) in [4.78, 5) is 0. The molecule has 108 valence electrons. The Bertz CT molecular complexity index is 493. The molecular formula is C16H24BNO2. The summed E-state index contributed by atoms with van der Waals surface area (Å²) in [5, 5.41) is 0. The van der Waals surface area contributed by atoms with E-state index >= 15 is 0 Å². The molecule has 1 saturated heterocycles. The second-order valence-corrected chi connectivity index (χ2v) is 7.19. The van der Waals surface area contributed by atoms with Crippen LogP contribution in [0, 0.1) is 0 Å². The van der Waals surface area contributed by atoms with Gasteiger partial charge in [-0.15, -0.1) is 0 Å². The summed E-state index contributed by atoms with van der Waals surface area (Å²) in [6, 6.07) is 8.97. The highest BCUT2D eigenvalue weighted by molar-refractivity contribution is 6.62. The van der Waals surface area contributed by atoms with E-state index in [0.29, 0.717) is 12.0 Å². The van der Waals surface area contributed by atoms with Crippen LogP contribution in [0.5, 0.6) is 0 Å². The predicted molar refractivity (Wildman–Crippen MR) is 82.1 cm³/mol. The summed E-state index contributed by atoms with van der Waals surface area (Å²) in [5.41, 5.74) is 7.79. The van der Waals surface area contributed by atoms with E-state index in [4.69, 9.17) is 15.0 Å². The van der Waals surface area contributed by atoms with E-state index in [1.54, 1.807) is 0 Å². The van der Waals surface area contributed by atoms with E-state index in [1.165, 1.54) is 5.56 Å². The van der Waals surface area contributed by atoms with Crippen LogP contribution in [0.1, 0.15) is 52.0 Å². The summed E-state index contributed by atoms with van der Waals surface area (Å²) >= 11 is 0. The van der Waals surface area contributed by atoms with E-state index in [2.05, 4.69) is 52.0 Å². The summed E-state index contributed by atoms with van der Waals surface area (Å²) in [5.74, 6) is 0.604. The van der Waals surface area contributed by atoms with Crippen LogP contribution in [0.15, 0.2) is 24.3 Å². The third-order valence-corrected chi connectivity index (χ3v) is 5.08. The Kier molecular flexibility index (Phi) is 3.24. The molecular weight excluding hydrogens is 249 g/mol. The summed E-state index contributed by atoms with van der Waals surface area (Å²) in [7, 11) is -0.270.